The molecule has 2 heterocycles. The Morgan fingerprint density at radius 3 is 2.42 bits per heavy atom. The maximum absolute atomic E-state index is 12.6. The second kappa shape index (κ2) is 15.0. The Bertz CT molecular complexity index is 1290. The summed E-state index contributed by atoms with van der Waals surface area (Å²) in [5.41, 5.74) is 0.236. The van der Waals surface area contributed by atoms with Crippen LogP contribution in [0.5, 0.6) is 5.75 Å². The fourth-order valence-electron chi connectivity index (χ4n) is 4.37. The van der Waals surface area contributed by atoms with Gasteiger partial charge < -0.3 is 23.6 Å². The molecule has 0 radical (unpaired) electrons. The van der Waals surface area contributed by atoms with Crippen LogP contribution in [0.4, 0.5) is 9.59 Å². The molecule has 2 amide bonds. The molecule has 1 aromatic heterocycles. The van der Waals surface area contributed by atoms with E-state index >= 15 is 0 Å². The van der Waals surface area contributed by atoms with Crippen molar-refractivity contribution in [2.24, 2.45) is 4.99 Å². The molecule has 2 aromatic rings. The third-order valence-electron chi connectivity index (χ3n) is 6.32. The molecule has 0 aliphatic carbocycles. The summed E-state index contributed by atoms with van der Waals surface area (Å²) in [6, 6.07) is 5.21. The molecule has 0 fully saturated rings. The lowest BCUT2D eigenvalue weighted by Crippen LogP contribution is -2.46. The van der Waals surface area contributed by atoms with Crippen molar-refractivity contribution in [2.45, 2.75) is 111 Å². The number of hydrogen-bond acceptors (Lipinski definition) is 8. The highest BCUT2D eigenvalue weighted by Gasteiger charge is 2.32. The Hall–Kier alpha value is -3.89. The van der Waals surface area contributed by atoms with Gasteiger partial charge in [-0.15, -0.1) is 4.99 Å². The first kappa shape index (κ1) is 33.6. The van der Waals surface area contributed by atoms with E-state index in [4.69, 9.17) is 18.7 Å². The predicted octanol–water partition coefficient (Wildman–Crippen LogP) is 7.51. The van der Waals surface area contributed by atoms with E-state index in [1.807, 2.05) is 37.3 Å². The van der Waals surface area contributed by atoms with Gasteiger partial charge in [-0.1, -0.05) is 56.3 Å². The van der Waals surface area contributed by atoms with Crippen LogP contribution in [-0.2, 0) is 9.47 Å². The first-order valence-corrected chi connectivity index (χ1v) is 15.1. The van der Waals surface area contributed by atoms with Gasteiger partial charge in [-0.2, -0.15) is 4.98 Å². The summed E-state index contributed by atoms with van der Waals surface area (Å²) in [4.78, 5) is 35.6. The lowest BCUT2D eigenvalue weighted by molar-refractivity contribution is 0.0553. The van der Waals surface area contributed by atoms with Gasteiger partial charge in [0.2, 0.25) is 11.8 Å². The summed E-state index contributed by atoms with van der Waals surface area (Å²) in [5.74, 6) is 1.46. The molecule has 0 unspecified atom stereocenters. The molecule has 0 bridgehead atoms. The average molecular weight is 598 g/mol. The van der Waals surface area contributed by atoms with Crippen LogP contribution in [0.2, 0.25) is 0 Å². The molecule has 1 aliphatic heterocycles. The van der Waals surface area contributed by atoms with E-state index in [0.29, 0.717) is 19.0 Å². The molecular formula is C32H47N5O6. The Kier molecular flexibility index (Phi) is 11.7. The lowest BCUT2D eigenvalue weighted by atomic mass is 10.1. The number of guanidine groups is 1. The van der Waals surface area contributed by atoms with Crippen LogP contribution >= 0.6 is 0 Å². The quantitative estimate of drug-likeness (QED) is 0.128. The van der Waals surface area contributed by atoms with Gasteiger partial charge in [-0.3, -0.25) is 5.32 Å². The van der Waals surface area contributed by atoms with Crippen molar-refractivity contribution in [1.82, 2.24) is 20.4 Å². The molecule has 1 N–H and O–H groups in total. The molecular weight excluding hydrogens is 550 g/mol. The van der Waals surface area contributed by atoms with E-state index in [-0.39, 0.29) is 11.9 Å². The van der Waals surface area contributed by atoms with Crippen molar-refractivity contribution in [1.29, 1.82) is 0 Å². The van der Waals surface area contributed by atoms with Gasteiger partial charge in [-0.25, -0.2) is 9.59 Å². The third kappa shape index (κ3) is 11.0. The zero-order valence-corrected chi connectivity index (χ0v) is 26.9. The number of aromatic nitrogens is 2. The minimum atomic E-state index is -0.857. The molecule has 236 valence electrons. The van der Waals surface area contributed by atoms with Crippen molar-refractivity contribution < 1.29 is 28.3 Å². The summed E-state index contributed by atoms with van der Waals surface area (Å²) < 4.78 is 22.4. The van der Waals surface area contributed by atoms with E-state index in [9.17, 15) is 9.59 Å². The third-order valence-corrected chi connectivity index (χ3v) is 6.32. The molecule has 0 saturated heterocycles. The first-order valence-electron chi connectivity index (χ1n) is 15.1. The molecule has 1 atom stereocenters. The number of alkyl carbamates (subject to hydrolysis) is 1. The normalized spacial score (nSPS) is 15.5. The highest BCUT2D eigenvalue weighted by atomic mass is 16.6. The van der Waals surface area contributed by atoms with Crippen LogP contribution in [0.25, 0.3) is 11.4 Å². The highest BCUT2D eigenvalue weighted by Crippen LogP contribution is 2.30. The average Bonchev–Trinajstić information content (AvgIpc) is 3.56. The molecule has 1 aromatic carbocycles. The number of nitrogens with one attached hydrogen (secondary N) is 1. The van der Waals surface area contributed by atoms with Crippen molar-refractivity contribution >= 4 is 18.1 Å². The number of benzene rings is 1. The van der Waals surface area contributed by atoms with E-state index in [2.05, 4.69) is 27.4 Å². The van der Waals surface area contributed by atoms with Gasteiger partial charge in [0.05, 0.1) is 6.61 Å². The Morgan fingerprint density at radius 1 is 1.05 bits per heavy atom. The number of amides is 2. The van der Waals surface area contributed by atoms with Crippen LogP contribution in [0, 0.1) is 6.92 Å². The molecule has 0 saturated carbocycles. The van der Waals surface area contributed by atoms with Gasteiger partial charge in [0.15, 0.2) is 0 Å². The largest absolute Gasteiger partial charge is 0.493 e. The fraction of sp³-hybridized carbons (Fsp3) is 0.594. The van der Waals surface area contributed by atoms with Crippen molar-refractivity contribution in [3.8, 4) is 17.1 Å². The Morgan fingerprint density at radius 2 is 1.74 bits per heavy atom. The van der Waals surface area contributed by atoms with Gasteiger partial charge in [0.1, 0.15) is 23.0 Å². The minimum Gasteiger partial charge on any atom is -0.493 e. The number of hydrogen-bond donors (Lipinski definition) is 1. The van der Waals surface area contributed by atoms with Crippen LogP contribution in [0.1, 0.15) is 104 Å². The number of nitrogens with zero attached hydrogens (tertiary/aromatic N) is 4. The summed E-state index contributed by atoms with van der Waals surface area (Å²) >= 11 is 0. The molecule has 11 heteroatoms. The van der Waals surface area contributed by atoms with E-state index < -0.39 is 29.4 Å². The number of carbonyl (C=O) groups is 2. The lowest BCUT2D eigenvalue weighted by Gasteiger charge is -2.27. The van der Waals surface area contributed by atoms with Crippen LogP contribution < -0.4 is 10.1 Å². The van der Waals surface area contributed by atoms with Crippen molar-refractivity contribution in [2.75, 3.05) is 13.2 Å². The highest BCUT2D eigenvalue weighted by molar-refractivity contribution is 5.99. The summed E-state index contributed by atoms with van der Waals surface area (Å²) in [5, 5.41) is 6.78. The molecule has 1 aliphatic rings. The standard InChI is InChI=1S/C32H47N5O6/c1-9-10-11-12-13-14-20-40-25-18-17-23(21-22(25)2)26-33-27(43-36-26)24-16-15-19-37(24)28(34-29(38)41-31(3,4)5)35-30(39)42-32(6,7)8/h15-18,21,24H,9-14,19-20H2,1-8H3,(H,34,35,38,39)/t24-/m0/s1. The van der Waals surface area contributed by atoms with Crippen LogP contribution in [0.15, 0.2) is 39.9 Å². The summed E-state index contributed by atoms with van der Waals surface area (Å²) in [6.07, 6.45) is 9.34. The number of aliphatic imine (C=N–C) groups is 1. The van der Waals surface area contributed by atoms with Crippen LogP contribution in [-0.4, -0.2) is 57.5 Å². The van der Waals surface area contributed by atoms with Crippen LogP contribution in [0.3, 0.4) is 0 Å². The maximum atomic E-state index is 12.6. The van der Waals surface area contributed by atoms with Gasteiger partial charge in [0, 0.05) is 12.1 Å². The molecule has 43 heavy (non-hydrogen) atoms. The number of ether oxygens (including phenoxy) is 3. The number of carbonyl (C=O) groups excluding carboxylic acids is 2. The minimum absolute atomic E-state index is 0.0547. The summed E-state index contributed by atoms with van der Waals surface area (Å²) in [6.45, 7) is 15.7. The summed E-state index contributed by atoms with van der Waals surface area (Å²) in [7, 11) is 0. The van der Waals surface area contributed by atoms with Crippen molar-refractivity contribution in [3.63, 3.8) is 0 Å². The zero-order valence-electron chi connectivity index (χ0n) is 26.9. The second-order valence-electron chi connectivity index (χ2n) is 12.6. The fourth-order valence-corrected chi connectivity index (χ4v) is 4.37. The van der Waals surface area contributed by atoms with Crippen molar-refractivity contribution in [3.05, 3.63) is 41.8 Å². The van der Waals surface area contributed by atoms with Gasteiger partial charge in [0.25, 0.3) is 5.89 Å². The van der Waals surface area contributed by atoms with E-state index in [1.165, 1.54) is 32.1 Å². The van der Waals surface area contributed by atoms with E-state index in [1.54, 1.807) is 46.4 Å². The van der Waals surface area contributed by atoms with Gasteiger partial charge in [-0.05, 0) is 78.6 Å². The molecule has 11 nitrogen and oxygen atoms in total. The smallest absolute Gasteiger partial charge is 0.437 e. The molecule has 3 rings (SSSR count). The SMILES string of the molecule is CCCCCCCCOc1ccc(-c2noc([C@@H]3C=CCN3C(=NC(=O)OC(C)(C)C)NC(=O)OC(C)(C)C)n2)cc1C. The first-order chi connectivity index (χ1) is 20.3. The number of rotatable bonds is 10. The predicted molar refractivity (Wildman–Crippen MR) is 165 cm³/mol. The Labute approximate surface area is 255 Å². The monoisotopic (exact) mass is 597 g/mol. The number of aryl methyl sites for hydroxylation is 1. The number of unbranched alkanes of at least 4 members (excludes halogenated alkanes) is 5. The second-order valence-corrected chi connectivity index (χ2v) is 12.6. The van der Waals surface area contributed by atoms with Gasteiger partial charge >= 0.3 is 12.2 Å². The molecule has 0 spiro atoms. The maximum Gasteiger partial charge on any atom is 0.437 e. The zero-order chi connectivity index (χ0) is 31.6. The Balaban J connectivity index is 1.73. The van der Waals surface area contributed by atoms with E-state index in [0.717, 1.165) is 23.3 Å². The topological polar surface area (TPSA) is 128 Å².